The predicted molar refractivity (Wildman–Crippen MR) is 117 cm³/mol. The van der Waals surface area contributed by atoms with Gasteiger partial charge >= 0.3 is 0 Å². The summed E-state index contributed by atoms with van der Waals surface area (Å²) in [7, 11) is 0. The van der Waals surface area contributed by atoms with Crippen LogP contribution in [0.3, 0.4) is 0 Å². The Morgan fingerprint density at radius 2 is 2.18 bits per heavy atom. The molecule has 1 saturated heterocycles. The van der Waals surface area contributed by atoms with E-state index >= 15 is 0 Å². The van der Waals surface area contributed by atoms with E-state index in [1.165, 1.54) is 15.8 Å². The number of aryl methyl sites for hydroxylation is 2. The van der Waals surface area contributed by atoms with Gasteiger partial charge in [0.1, 0.15) is 0 Å². The van der Waals surface area contributed by atoms with Gasteiger partial charge in [0.15, 0.2) is 5.13 Å². The van der Waals surface area contributed by atoms with Gasteiger partial charge in [-0.05, 0) is 61.6 Å². The molecule has 1 fully saturated rings. The Morgan fingerprint density at radius 1 is 1.32 bits per heavy atom. The molecule has 6 heteroatoms. The zero-order valence-electron chi connectivity index (χ0n) is 16.2. The minimum absolute atomic E-state index is 0.0113. The topological polar surface area (TPSA) is 45.2 Å². The van der Waals surface area contributed by atoms with Crippen LogP contribution in [0, 0.1) is 19.8 Å². The molecule has 2 heterocycles. The van der Waals surface area contributed by atoms with Crippen molar-refractivity contribution in [2.75, 3.05) is 18.0 Å². The SMILES string of the molecule is Cc1cc(C)c2nc(N3CCC[C@H](C(=O)NCc4cccc(Cl)c4)C3)sc2c1. The first-order valence-corrected chi connectivity index (χ1v) is 10.8. The molecular formula is C22H24ClN3OS. The van der Waals surface area contributed by atoms with Gasteiger partial charge in [-0.3, -0.25) is 4.79 Å². The number of anilines is 1. The molecular weight excluding hydrogens is 390 g/mol. The van der Waals surface area contributed by atoms with E-state index in [1.807, 2.05) is 24.3 Å². The van der Waals surface area contributed by atoms with Crippen molar-refractivity contribution >= 4 is 44.2 Å². The summed E-state index contributed by atoms with van der Waals surface area (Å²) in [5, 5.41) is 4.79. The monoisotopic (exact) mass is 413 g/mol. The zero-order valence-corrected chi connectivity index (χ0v) is 17.7. The van der Waals surface area contributed by atoms with Gasteiger partial charge in [-0.2, -0.15) is 0 Å². The third-order valence-electron chi connectivity index (χ3n) is 5.24. The Bertz CT molecular complexity index is 1020. The van der Waals surface area contributed by atoms with E-state index in [1.54, 1.807) is 11.3 Å². The Kier molecular flexibility index (Phi) is 5.56. The van der Waals surface area contributed by atoms with Crippen LogP contribution in [0.15, 0.2) is 36.4 Å². The van der Waals surface area contributed by atoms with Crippen LogP contribution in [-0.4, -0.2) is 24.0 Å². The van der Waals surface area contributed by atoms with Crippen LogP contribution in [-0.2, 0) is 11.3 Å². The Hall–Kier alpha value is -2.11. The number of piperidine rings is 1. The molecule has 1 amide bonds. The fraction of sp³-hybridized carbons (Fsp3) is 0.364. The molecule has 1 aromatic heterocycles. The van der Waals surface area contributed by atoms with Crippen LogP contribution < -0.4 is 10.2 Å². The minimum Gasteiger partial charge on any atom is -0.352 e. The first-order chi connectivity index (χ1) is 13.5. The number of fused-ring (bicyclic) bond motifs is 1. The highest BCUT2D eigenvalue weighted by molar-refractivity contribution is 7.22. The van der Waals surface area contributed by atoms with Crippen molar-refractivity contribution in [2.24, 2.45) is 5.92 Å². The molecule has 4 rings (SSSR count). The number of benzene rings is 2. The van der Waals surface area contributed by atoms with Gasteiger partial charge in [-0.15, -0.1) is 0 Å². The Labute approximate surface area is 174 Å². The molecule has 0 bridgehead atoms. The van der Waals surface area contributed by atoms with Gasteiger partial charge in [0, 0.05) is 24.7 Å². The molecule has 0 radical (unpaired) electrons. The maximum Gasteiger partial charge on any atom is 0.225 e. The van der Waals surface area contributed by atoms with Crippen molar-refractivity contribution in [3.63, 3.8) is 0 Å². The summed E-state index contributed by atoms with van der Waals surface area (Å²) in [6.45, 7) is 6.42. The third-order valence-corrected chi connectivity index (χ3v) is 6.54. The summed E-state index contributed by atoms with van der Waals surface area (Å²) in [4.78, 5) is 19.9. The van der Waals surface area contributed by atoms with Crippen molar-refractivity contribution in [1.29, 1.82) is 0 Å². The van der Waals surface area contributed by atoms with Crippen molar-refractivity contribution in [1.82, 2.24) is 10.3 Å². The van der Waals surface area contributed by atoms with E-state index in [-0.39, 0.29) is 11.8 Å². The molecule has 1 aliphatic heterocycles. The van der Waals surface area contributed by atoms with E-state index in [0.29, 0.717) is 11.6 Å². The molecule has 0 unspecified atom stereocenters. The van der Waals surface area contributed by atoms with Gasteiger partial charge in [0.2, 0.25) is 5.91 Å². The number of carbonyl (C=O) groups excluding carboxylic acids is 1. The van der Waals surface area contributed by atoms with E-state index < -0.39 is 0 Å². The molecule has 28 heavy (non-hydrogen) atoms. The summed E-state index contributed by atoms with van der Waals surface area (Å²) in [5.41, 5.74) is 4.58. The number of halogens is 1. The fourth-order valence-corrected chi connectivity index (χ4v) is 5.23. The van der Waals surface area contributed by atoms with E-state index in [4.69, 9.17) is 16.6 Å². The fourth-order valence-electron chi connectivity index (χ4n) is 3.84. The minimum atomic E-state index is -0.0113. The zero-order chi connectivity index (χ0) is 19.7. The molecule has 4 nitrogen and oxygen atoms in total. The molecule has 146 valence electrons. The highest BCUT2D eigenvalue weighted by Crippen LogP contribution is 2.33. The highest BCUT2D eigenvalue weighted by Gasteiger charge is 2.27. The Morgan fingerprint density at radius 3 is 3.00 bits per heavy atom. The van der Waals surface area contributed by atoms with Gasteiger partial charge in [-0.1, -0.05) is 41.1 Å². The number of amides is 1. The van der Waals surface area contributed by atoms with E-state index in [0.717, 1.165) is 42.1 Å². The molecule has 0 aliphatic carbocycles. The van der Waals surface area contributed by atoms with Gasteiger partial charge in [0.05, 0.1) is 16.1 Å². The highest BCUT2D eigenvalue weighted by atomic mass is 35.5. The lowest BCUT2D eigenvalue weighted by Gasteiger charge is -2.31. The lowest BCUT2D eigenvalue weighted by molar-refractivity contribution is -0.125. The number of carbonyl (C=O) groups is 1. The van der Waals surface area contributed by atoms with Crippen molar-refractivity contribution in [3.05, 3.63) is 58.1 Å². The number of aromatic nitrogens is 1. The second-order valence-corrected chi connectivity index (χ2v) is 9.00. The average Bonchev–Trinajstić information content (AvgIpc) is 3.11. The van der Waals surface area contributed by atoms with Crippen LogP contribution >= 0.6 is 22.9 Å². The summed E-state index contributed by atoms with van der Waals surface area (Å²) in [6, 6.07) is 12.0. The number of hydrogen-bond acceptors (Lipinski definition) is 4. The number of rotatable bonds is 4. The number of hydrogen-bond donors (Lipinski definition) is 1. The summed E-state index contributed by atoms with van der Waals surface area (Å²) in [6.07, 6.45) is 1.92. The van der Waals surface area contributed by atoms with Crippen LogP contribution in [0.1, 0.15) is 29.5 Å². The second-order valence-electron chi connectivity index (χ2n) is 7.56. The van der Waals surface area contributed by atoms with Crippen LogP contribution in [0.5, 0.6) is 0 Å². The van der Waals surface area contributed by atoms with Crippen molar-refractivity contribution < 1.29 is 4.79 Å². The predicted octanol–water partition coefficient (Wildman–Crippen LogP) is 5.10. The van der Waals surface area contributed by atoms with Crippen molar-refractivity contribution in [3.8, 4) is 0 Å². The number of nitrogens with one attached hydrogen (secondary N) is 1. The van der Waals surface area contributed by atoms with Crippen LogP contribution in [0.2, 0.25) is 5.02 Å². The lowest BCUT2D eigenvalue weighted by atomic mass is 9.97. The van der Waals surface area contributed by atoms with Gasteiger partial charge < -0.3 is 10.2 Å². The molecule has 1 N–H and O–H groups in total. The van der Waals surface area contributed by atoms with Crippen LogP contribution in [0.25, 0.3) is 10.2 Å². The quantitative estimate of drug-likeness (QED) is 0.647. The maximum absolute atomic E-state index is 12.7. The first-order valence-electron chi connectivity index (χ1n) is 9.64. The molecule has 0 spiro atoms. The van der Waals surface area contributed by atoms with Crippen molar-refractivity contribution in [2.45, 2.75) is 33.2 Å². The molecule has 1 aliphatic rings. The summed E-state index contributed by atoms with van der Waals surface area (Å²) < 4.78 is 1.22. The molecule has 1 atom stereocenters. The van der Waals surface area contributed by atoms with E-state index in [2.05, 4.69) is 36.2 Å². The average molecular weight is 414 g/mol. The first kappa shape index (κ1) is 19.2. The summed E-state index contributed by atoms with van der Waals surface area (Å²) >= 11 is 7.75. The van der Waals surface area contributed by atoms with Gasteiger partial charge in [-0.25, -0.2) is 4.98 Å². The van der Waals surface area contributed by atoms with E-state index in [9.17, 15) is 4.79 Å². The molecule has 2 aromatic carbocycles. The van der Waals surface area contributed by atoms with Crippen LogP contribution in [0.4, 0.5) is 5.13 Å². The maximum atomic E-state index is 12.7. The second kappa shape index (κ2) is 8.10. The standard InChI is InChI=1S/C22H24ClN3OS/c1-14-9-15(2)20-19(10-14)28-22(25-20)26-8-4-6-17(13-26)21(27)24-12-16-5-3-7-18(23)11-16/h3,5,7,9-11,17H,4,6,8,12-13H2,1-2H3,(H,24,27)/t17-/m0/s1. The lowest BCUT2D eigenvalue weighted by Crippen LogP contribution is -2.42. The number of nitrogens with zero attached hydrogens (tertiary/aromatic N) is 2. The number of thiazole rings is 1. The molecule has 0 saturated carbocycles. The largest absolute Gasteiger partial charge is 0.352 e. The Balaban J connectivity index is 1.44. The van der Waals surface area contributed by atoms with Gasteiger partial charge in [0.25, 0.3) is 0 Å². The smallest absolute Gasteiger partial charge is 0.225 e. The third kappa shape index (κ3) is 4.15. The summed E-state index contributed by atoms with van der Waals surface area (Å²) in [5.74, 6) is 0.0978. The normalized spacial score (nSPS) is 17.1. The molecule has 3 aromatic rings.